The molecular weight excluding hydrogens is 508 g/mol. The number of hydrogen-bond acceptors (Lipinski definition) is 4. The molecule has 4 aromatic rings. The van der Waals surface area contributed by atoms with Gasteiger partial charge in [-0.1, -0.05) is 82.1 Å². The minimum atomic E-state index is -0.0646. The zero-order chi connectivity index (χ0) is 29.3. The van der Waals surface area contributed by atoms with Crippen LogP contribution < -0.4 is 0 Å². The second kappa shape index (κ2) is 11.2. The second-order valence-corrected chi connectivity index (χ2v) is 12.9. The van der Waals surface area contributed by atoms with Gasteiger partial charge in [0, 0.05) is 10.8 Å². The highest BCUT2D eigenvalue weighted by molar-refractivity contribution is 5.46. The van der Waals surface area contributed by atoms with E-state index >= 15 is 0 Å². The Morgan fingerprint density at radius 1 is 0.512 bits per heavy atom. The van der Waals surface area contributed by atoms with Crippen LogP contribution in [0.25, 0.3) is 0 Å². The van der Waals surface area contributed by atoms with Crippen molar-refractivity contribution in [2.24, 2.45) is 11.3 Å². The normalized spacial score (nSPS) is 20.2. The Labute approximate surface area is 244 Å². The topological polar surface area (TPSA) is 80.9 Å². The van der Waals surface area contributed by atoms with Gasteiger partial charge in [0.2, 0.25) is 0 Å². The van der Waals surface area contributed by atoms with E-state index in [-0.39, 0.29) is 16.2 Å². The van der Waals surface area contributed by atoms with Gasteiger partial charge >= 0.3 is 0 Å². The quantitative estimate of drug-likeness (QED) is 0.205. The van der Waals surface area contributed by atoms with Gasteiger partial charge in [0.1, 0.15) is 23.0 Å². The van der Waals surface area contributed by atoms with Gasteiger partial charge in [-0.15, -0.1) is 0 Å². The fraction of sp³-hybridized carbons (Fsp3) is 0.351. The Kier molecular flexibility index (Phi) is 7.78. The van der Waals surface area contributed by atoms with Crippen molar-refractivity contribution in [3.63, 3.8) is 0 Å². The lowest BCUT2D eigenvalue weighted by molar-refractivity contribution is 0.356. The number of aromatic hydroxyl groups is 4. The summed E-state index contributed by atoms with van der Waals surface area (Å²) in [5, 5.41) is 38.2. The maximum Gasteiger partial charge on any atom is 0.115 e. The Bertz CT molecular complexity index is 1340. The van der Waals surface area contributed by atoms with Crippen molar-refractivity contribution in [2.45, 2.75) is 70.1 Å². The fourth-order valence-corrected chi connectivity index (χ4v) is 7.75. The molecule has 1 unspecified atom stereocenters. The Balaban J connectivity index is 0.000000166. The molecule has 4 heteroatoms. The molecule has 4 nitrogen and oxygen atoms in total. The van der Waals surface area contributed by atoms with Gasteiger partial charge in [-0.05, 0) is 108 Å². The molecule has 0 saturated heterocycles. The van der Waals surface area contributed by atoms with E-state index in [2.05, 4.69) is 20.8 Å². The number of phenolic OH excluding ortho intramolecular Hbond substituents is 4. The van der Waals surface area contributed by atoms with Crippen LogP contribution in [-0.2, 0) is 10.8 Å². The molecule has 2 fully saturated rings. The van der Waals surface area contributed by atoms with Crippen molar-refractivity contribution in [2.75, 3.05) is 0 Å². The first kappa shape index (κ1) is 28.6. The third kappa shape index (κ3) is 5.66. The van der Waals surface area contributed by atoms with Crippen LogP contribution in [0.5, 0.6) is 23.0 Å². The summed E-state index contributed by atoms with van der Waals surface area (Å²) in [4.78, 5) is 0. The highest BCUT2D eigenvalue weighted by Crippen LogP contribution is 2.57. The molecule has 2 aliphatic rings. The molecule has 1 atom stereocenters. The Morgan fingerprint density at radius 3 is 1.12 bits per heavy atom. The van der Waals surface area contributed by atoms with Crippen LogP contribution in [0.2, 0.25) is 0 Å². The lowest BCUT2D eigenvalue weighted by atomic mass is 9.67. The first-order valence-corrected chi connectivity index (χ1v) is 14.7. The number of hydrogen-bond donors (Lipinski definition) is 4. The summed E-state index contributed by atoms with van der Waals surface area (Å²) in [6.07, 6.45) is 6.93. The summed E-state index contributed by atoms with van der Waals surface area (Å²) in [7, 11) is 0. The van der Waals surface area contributed by atoms with Crippen LogP contribution in [-0.4, -0.2) is 20.4 Å². The molecule has 214 valence electrons. The van der Waals surface area contributed by atoms with Crippen molar-refractivity contribution < 1.29 is 20.4 Å². The Hall–Kier alpha value is -3.92. The van der Waals surface area contributed by atoms with Gasteiger partial charge < -0.3 is 20.4 Å². The van der Waals surface area contributed by atoms with Crippen molar-refractivity contribution in [3.05, 3.63) is 119 Å². The predicted molar refractivity (Wildman–Crippen MR) is 165 cm³/mol. The van der Waals surface area contributed by atoms with Gasteiger partial charge in [-0.3, -0.25) is 0 Å². The second-order valence-electron chi connectivity index (χ2n) is 12.9. The average Bonchev–Trinajstić information content (AvgIpc) is 3.54. The van der Waals surface area contributed by atoms with E-state index < -0.39 is 0 Å². The summed E-state index contributed by atoms with van der Waals surface area (Å²) in [5.41, 5.74) is 5.26. The maximum atomic E-state index is 9.63. The first-order chi connectivity index (χ1) is 19.5. The molecule has 0 radical (unpaired) electrons. The number of benzene rings is 4. The smallest absolute Gasteiger partial charge is 0.115 e. The van der Waals surface area contributed by atoms with E-state index in [1.165, 1.54) is 35.1 Å². The van der Waals surface area contributed by atoms with E-state index in [0.29, 0.717) is 28.9 Å². The minimum absolute atomic E-state index is 0.0431. The summed E-state index contributed by atoms with van der Waals surface area (Å²) >= 11 is 0. The van der Waals surface area contributed by atoms with Gasteiger partial charge in [0.15, 0.2) is 0 Å². The van der Waals surface area contributed by atoms with E-state index in [1.807, 2.05) is 48.5 Å². The SMILES string of the molecule is CC1CC(C)(C)CC1(c1ccc(O)cc1)c1ccc(O)cc1.Oc1ccc(C2(c3ccc(O)cc3)CCCC2)cc1. The van der Waals surface area contributed by atoms with Crippen LogP contribution in [0.1, 0.15) is 81.5 Å². The summed E-state index contributed by atoms with van der Waals surface area (Å²) in [6.45, 7) is 6.96. The molecule has 0 bridgehead atoms. The van der Waals surface area contributed by atoms with Crippen LogP contribution in [0, 0.1) is 11.3 Å². The third-order valence-corrected chi connectivity index (χ3v) is 9.52. The lowest BCUT2D eigenvalue weighted by Gasteiger charge is -2.36. The molecule has 41 heavy (non-hydrogen) atoms. The standard InChI is InChI=1S/C20H24O2.C17H18O2/c1-14-12-19(2,3)13-20(14,15-4-8-17(21)9-5-15)16-6-10-18(22)11-7-16;18-15-7-3-13(4-8-15)17(11-1-2-12-17)14-5-9-16(19)10-6-14/h4-11,14,21-22H,12-13H2,1-3H3;3-10,18-19H,1-2,11-12H2. The van der Waals surface area contributed by atoms with Crippen molar-refractivity contribution in [1.29, 1.82) is 0 Å². The summed E-state index contributed by atoms with van der Waals surface area (Å²) in [6, 6.07) is 30.4. The molecule has 2 saturated carbocycles. The van der Waals surface area contributed by atoms with Crippen molar-refractivity contribution in [1.82, 2.24) is 0 Å². The Morgan fingerprint density at radius 2 is 0.829 bits per heavy atom. The molecule has 0 aromatic heterocycles. The molecule has 0 amide bonds. The van der Waals surface area contributed by atoms with E-state index in [9.17, 15) is 20.4 Å². The molecular formula is C37H42O4. The highest BCUT2D eigenvalue weighted by atomic mass is 16.3. The predicted octanol–water partition coefficient (Wildman–Crippen LogP) is 8.80. The van der Waals surface area contributed by atoms with Crippen LogP contribution in [0.3, 0.4) is 0 Å². The van der Waals surface area contributed by atoms with Gasteiger partial charge in [0.25, 0.3) is 0 Å². The van der Waals surface area contributed by atoms with E-state index in [1.54, 1.807) is 48.5 Å². The van der Waals surface area contributed by atoms with Crippen molar-refractivity contribution in [3.8, 4) is 23.0 Å². The molecule has 4 aromatic carbocycles. The van der Waals surface area contributed by atoms with Crippen LogP contribution in [0.15, 0.2) is 97.1 Å². The molecule has 2 aliphatic carbocycles. The van der Waals surface area contributed by atoms with Gasteiger partial charge in [-0.2, -0.15) is 0 Å². The minimum Gasteiger partial charge on any atom is -0.508 e. The molecule has 0 heterocycles. The molecule has 0 spiro atoms. The van der Waals surface area contributed by atoms with Gasteiger partial charge in [0.05, 0.1) is 0 Å². The van der Waals surface area contributed by atoms with Crippen molar-refractivity contribution >= 4 is 0 Å². The lowest BCUT2D eigenvalue weighted by Crippen LogP contribution is -2.31. The van der Waals surface area contributed by atoms with Crippen LogP contribution >= 0.6 is 0 Å². The number of rotatable bonds is 4. The summed E-state index contributed by atoms with van der Waals surface area (Å²) in [5.74, 6) is 1.71. The molecule has 6 rings (SSSR count). The maximum absolute atomic E-state index is 9.63. The zero-order valence-corrected chi connectivity index (χ0v) is 24.3. The van der Waals surface area contributed by atoms with Gasteiger partial charge in [-0.25, -0.2) is 0 Å². The van der Waals surface area contributed by atoms with E-state index in [0.717, 1.165) is 25.7 Å². The molecule has 0 aliphatic heterocycles. The average molecular weight is 551 g/mol. The monoisotopic (exact) mass is 550 g/mol. The largest absolute Gasteiger partial charge is 0.508 e. The fourth-order valence-electron chi connectivity index (χ4n) is 7.75. The van der Waals surface area contributed by atoms with Crippen LogP contribution in [0.4, 0.5) is 0 Å². The highest BCUT2D eigenvalue weighted by Gasteiger charge is 2.50. The number of phenols is 4. The third-order valence-electron chi connectivity index (χ3n) is 9.52. The molecule has 4 N–H and O–H groups in total. The zero-order valence-electron chi connectivity index (χ0n) is 24.3. The first-order valence-electron chi connectivity index (χ1n) is 14.7. The summed E-state index contributed by atoms with van der Waals surface area (Å²) < 4.78 is 0. The van der Waals surface area contributed by atoms with E-state index in [4.69, 9.17) is 0 Å².